The normalized spacial score (nSPS) is 13.9. The number of hydrogen-bond donors (Lipinski definition) is 0. The Morgan fingerprint density at radius 1 is 0.297 bits per heavy atom. The fourth-order valence-electron chi connectivity index (χ4n) is 13.9. The van der Waals surface area contributed by atoms with Crippen molar-refractivity contribution < 1.29 is 4.42 Å². The Labute approximate surface area is 429 Å². The van der Waals surface area contributed by atoms with Crippen LogP contribution in [0.1, 0.15) is 44.5 Å². The second-order valence-electron chi connectivity index (χ2n) is 20.2. The van der Waals surface area contributed by atoms with Gasteiger partial charge in [-0.15, -0.1) is 0 Å². The van der Waals surface area contributed by atoms with Gasteiger partial charge >= 0.3 is 0 Å². The Morgan fingerprint density at radius 2 is 0.824 bits per heavy atom. The van der Waals surface area contributed by atoms with Crippen molar-refractivity contribution in [3.8, 4) is 44.5 Å². The molecule has 344 valence electrons. The first-order chi connectivity index (χ1) is 36.7. The van der Waals surface area contributed by atoms with E-state index in [4.69, 9.17) is 4.42 Å². The number of anilines is 3. The number of hydrogen-bond acceptors (Lipinski definition) is 2. The molecule has 3 aliphatic carbocycles. The summed E-state index contributed by atoms with van der Waals surface area (Å²) in [4.78, 5) is 2.58. The van der Waals surface area contributed by atoms with Crippen LogP contribution in [0.3, 0.4) is 0 Å². The van der Waals surface area contributed by atoms with Crippen molar-refractivity contribution in [3.05, 3.63) is 317 Å². The van der Waals surface area contributed by atoms with Crippen LogP contribution in [0, 0.1) is 0 Å². The third-order valence-electron chi connectivity index (χ3n) is 16.8. The molecule has 3 aliphatic rings. The van der Waals surface area contributed by atoms with Gasteiger partial charge in [0.2, 0.25) is 0 Å². The lowest BCUT2D eigenvalue weighted by atomic mass is 9.67. The van der Waals surface area contributed by atoms with Gasteiger partial charge in [0.25, 0.3) is 0 Å². The van der Waals surface area contributed by atoms with Crippen molar-refractivity contribution in [1.29, 1.82) is 0 Å². The number of benzene rings is 12. The number of fused-ring (bicyclic) bond motifs is 18. The monoisotopic (exact) mass is 939 g/mol. The molecule has 0 fully saturated rings. The van der Waals surface area contributed by atoms with E-state index in [1.54, 1.807) is 0 Å². The van der Waals surface area contributed by atoms with Gasteiger partial charge in [-0.05, 0) is 126 Å². The molecule has 13 aromatic rings. The van der Waals surface area contributed by atoms with Crippen molar-refractivity contribution in [2.75, 3.05) is 4.90 Å². The molecule has 0 unspecified atom stereocenters. The highest BCUT2D eigenvalue weighted by Crippen LogP contribution is 2.65. The van der Waals surface area contributed by atoms with E-state index in [1.165, 1.54) is 83.3 Å². The standard InChI is InChI=1S/C72H45NO/c1-3-21-48(22-4-1)71(49-23-5-2-6-24-49)60-31-14-9-29-55(60)56-42-40-50(45-65(56)71)73(66-36-18-13-25-51(66)47-39-43-68-59(44-47)57-41-38-46-20-7-8-26-52(46)70(57)74-68)67-37-19-35-64-69(67)58-30-12-17-34-63(58)72(64)61-32-15-10-27-53(61)54-28-11-16-33-62(54)72/h1-45H. The van der Waals surface area contributed by atoms with Crippen molar-refractivity contribution in [1.82, 2.24) is 0 Å². The zero-order valence-corrected chi connectivity index (χ0v) is 40.3. The van der Waals surface area contributed by atoms with E-state index in [0.29, 0.717) is 0 Å². The summed E-state index contributed by atoms with van der Waals surface area (Å²) in [5.41, 5.74) is 24.2. The number of rotatable bonds is 6. The van der Waals surface area contributed by atoms with Crippen molar-refractivity contribution >= 4 is 49.8 Å². The first kappa shape index (κ1) is 41.2. The van der Waals surface area contributed by atoms with E-state index in [-0.39, 0.29) is 0 Å². The summed E-state index contributed by atoms with van der Waals surface area (Å²) >= 11 is 0. The highest BCUT2D eigenvalue weighted by atomic mass is 16.3. The van der Waals surface area contributed by atoms with Crippen LogP contribution < -0.4 is 4.90 Å². The fourth-order valence-corrected chi connectivity index (χ4v) is 13.9. The summed E-state index contributed by atoms with van der Waals surface area (Å²) in [5, 5.41) is 4.51. The number of furan rings is 1. The van der Waals surface area contributed by atoms with Gasteiger partial charge in [0, 0.05) is 33.0 Å². The molecule has 0 bridgehead atoms. The lowest BCUT2D eigenvalue weighted by Crippen LogP contribution is -2.28. The Balaban J connectivity index is 0.999. The van der Waals surface area contributed by atoms with E-state index < -0.39 is 10.8 Å². The van der Waals surface area contributed by atoms with Crippen molar-refractivity contribution in [3.63, 3.8) is 0 Å². The molecule has 0 saturated heterocycles. The predicted molar refractivity (Wildman–Crippen MR) is 305 cm³/mol. The first-order valence-corrected chi connectivity index (χ1v) is 25.7. The first-order valence-electron chi connectivity index (χ1n) is 25.7. The Hall–Kier alpha value is -9.50. The Morgan fingerprint density at radius 3 is 1.51 bits per heavy atom. The van der Waals surface area contributed by atoms with Crippen LogP contribution in [0.4, 0.5) is 17.1 Å². The highest BCUT2D eigenvalue weighted by molar-refractivity contribution is 6.16. The predicted octanol–water partition coefficient (Wildman–Crippen LogP) is 18.6. The molecule has 0 atom stereocenters. The van der Waals surface area contributed by atoms with E-state index in [9.17, 15) is 0 Å². The molecule has 0 aliphatic heterocycles. The average Bonchev–Trinajstić information content (AvgIpc) is 4.20. The SMILES string of the molecule is c1ccc(C2(c3ccccc3)c3ccccc3-c3ccc(N(c4ccccc4-c4ccc5oc6c7ccccc7ccc6c5c4)c4cccc5c4-c4ccccc4C54c5ccccc5-c5ccccc54)cc32)cc1. The molecule has 74 heavy (non-hydrogen) atoms. The van der Waals surface area contributed by atoms with Gasteiger partial charge in [0.05, 0.1) is 22.2 Å². The van der Waals surface area contributed by atoms with Crippen LogP contribution in [-0.2, 0) is 10.8 Å². The minimum atomic E-state index is -0.584. The minimum Gasteiger partial charge on any atom is -0.455 e. The van der Waals surface area contributed by atoms with Crippen molar-refractivity contribution in [2.45, 2.75) is 10.8 Å². The van der Waals surface area contributed by atoms with Crippen LogP contribution in [0.5, 0.6) is 0 Å². The third kappa shape index (κ3) is 5.39. The molecule has 0 saturated carbocycles. The molecule has 1 spiro atoms. The van der Waals surface area contributed by atoms with Gasteiger partial charge in [-0.2, -0.15) is 0 Å². The van der Waals surface area contributed by atoms with Gasteiger partial charge < -0.3 is 9.32 Å². The van der Waals surface area contributed by atoms with E-state index in [2.05, 4.69) is 278 Å². The van der Waals surface area contributed by atoms with Gasteiger partial charge in [-0.1, -0.05) is 231 Å². The van der Waals surface area contributed by atoms with Gasteiger partial charge in [-0.25, -0.2) is 0 Å². The molecule has 1 aromatic heterocycles. The maximum Gasteiger partial charge on any atom is 0.143 e. The van der Waals surface area contributed by atoms with E-state index in [1.807, 2.05) is 0 Å². The van der Waals surface area contributed by atoms with Crippen LogP contribution in [-0.4, -0.2) is 0 Å². The van der Waals surface area contributed by atoms with Gasteiger partial charge in [0.15, 0.2) is 0 Å². The summed E-state index contributed by atoms with van der Waals surface area (Å²) < 4.78 is 6.70. The van der Waals surface area contributed by atoms with Crippen LogP contribution in [0.15, 0.2) is 277 Å². The Kier molecular flexibility index (Phi) is 8.62. The molecule has 0 N–H and O–H groups in total. The zero-order chi connectivity index (χ0) is 48.5. The zero-order valence-electron chi connectivity index (χ0n) is 40.3. The topological polar surface area (TPSA) is 16.4 Å². The van der Waals surface area contributed by atoms with Crippen LogP contribution >= 0.6 is 0 Å². The third-order valence-corrected chi connectivity index (χ3v) is 16.8. The van der Waals surface area contributed by atoms with Crippen molar-refractivity contribution in [2.24, 2.45) is 0 Å². The quantitative estimate of drug-likeness (QED) is 0.165. The highest BCUT2D eigenvalue weighted by Gasteiger charge is 2.53. The Bertz CT molecular complexity index is 4360. The van der Waals surface area contributed by atoms with Gasteiger partial charge in [0.1, 0.15) is 11.2 Å². The maximum atomic E-state index is 6.70. The smallest absolute Gasteiger partial charge is 0.143 e. The average molecular weight is 940 g/mol. The second-order valence-corrected chi connectivity index (χ2v) is 20.2. The molecule has 16 rings (SSSR count). The molecule has 1 heterocycles. The molecule has 12 aromatic carbocycles. The second kappa shape index (κ2) is 15.5. The lowest BCUT2D eigenvalue weighted by Gasteiger charge is -2.35. The number of nitrogens with zero attached hydrogens (tertiary/aromatic N) is 1. The number of para-hydroxylation sites is 1. The molecule has 2 heteroatoms. The largest absolute Gasteiger partial charge is 0.455 e. The molecule has 2 nitrogen and oxygen atoms in total. The molecular formula is C72H45NO. The minimum absolute atomic E-state index is 0.507. The summed E-state index contributed by atoms with van der Waals surface area (Å²) in [6.07, 6.45) is 0. The summed E-state index contributed by atoms with van der Waals surface area (Å²) in [6, 6.07) is 102. The van der Waals surface area contributed by atoms with Gasteiger partial charge in [-0.3, -0.25) is 0 Å². The maximum absolute atomic E-state index is 6.70. The van der Waals surface area contributed by atoms with E-state index in [0.717, 1.165) is 55.5 Å². The summed E-state index contributed by atoms with van der Waals surface area (Å²) in [5.74, 6) is 0. The molecule has 0 amide bonds. The van der Waals surface area contributed by atoms with Crippen LogP contribution in [0.2, 0.25) is 0 Å². The summed E-state index contributed by atoms with van der Waals surface area (Å²) in [7, 11) is 0. The van der Waals surface area contributed by atoms with Crippen LogP contribution in [0.25, 0.3) is 77.2 Å². The summed E-state index contributed by atoms with van der Waals surface area (Å²) in [6.45, 7) is 0. The molecular weight excluding hydrogens is 895 g/mol. The molecule has 0 radical (unpaired) electrons. The lowest BCUT2D eigenvalue weighted by molar-refractivity contribution is 0.672. The fraction of sp³-hybridized carbons (Fsp3) is 0.0278. The van der Waals surface area contributed by atoms with E-state index >= 15 is 0 Å².